The first kappa shape index (κ1) is 18.1. The van der Waals surface area contributed by atoms with Crippen LogP contribution in [0.25, 0.3) is 0 Å². The average molecular weight is 352 g/mol. The van der Waals surface area contributed by atoms with Gasteiger partial charge in [-0.25, -0.2) is 0 Å². The molecule has 0 spiro atoms. The van der Waals surface area contributed by atoms with E-state index in [0.29, 0.717) is 17.3 Å². The van der Waals surface area contributed by atoms with Gasteiger partial charge in [0.05, 0.1) is 5.02 Å². The van der Waals surface area contributed by atoms with E-state index in [-0.39, 0.29) is 6.61 Å². The predicted octanol–water partition coefficient (Wildman–Crippen LogP) is 3.60. The van der Waals surface area contributed by atoms with Crippen molar-refractivity contribution in [2.24, 2.45) is 0 Å². The third kappa shape index (κ3) is 7.27. The number of nitrogens with one attached hydrogen (secondary N) is 1. The minimum atomic E-state index is -0.551. The number of ether oxygens (including phenoxy) is 1. The van der Waals surface area contributed by atoms with E-state index in [4.69, 9.17) is 16.3 Å². The minimum Gasteiger partial charge on any atom is -0.489 e. The van der Waals surface area contributed by atoms with Gasteiger partial charge in [-0.2, -0.15) is 11.8 Å². The zero-order chi connectivity index (χ0) is 16.3. The highest BCUT2D eigenvalue weighted by Crippen LogP contribution is 2.23. The molecular weight excluding hydrogens is 330 g/mol. The van der Waals surface area contributed by atoms with E-state index in [1.165, 1.54) is 5.56 Å². The molecule has 124 valence electrons. The molecule has 0 aliphatic heterocycles. The molecule has 5 heteroatoms. The molecule has 0 bridgehead atoms. The first-order valence-corrected chi connectivity index (χ1v) is 9.17. The fourth-order valence-electron chi connectivity index (χ4n) is 1.98. The predicted molar refractivity (Wildman–Crippen MR) is 98.4 cm³/mol. The van der Waals surface area contributed by atoms with Crippen molar-refractivity contribution in [1.82, 2.24) is 5.32 Å². The summed E-state index contributed by atoms with van der Waals surface area (Å²) in [6, 6.07) is 17.7. The maximum atomic E-state index is 9.90. The van der Waals surface area contributed by atoms with Crippen molar-refractivity contribution in [1.29, 1.82) is 0 Å². The van der Waals surface area contributed by atoms with E-state index in [1.807, 2.05) is 30.0 Å². The summed E-state index contributed by atoms with van der Waals surface area (Å²) in [6.45, 7) is 1.60. The quantitative estimate of drug-likeness (QED) is 0.642. The van der Waals surface area contributed by atoms with E-state index in [0.717, 1.165) is 18.1 Å². The topological polar surface area (TPSA) is 41.5 Å². The molecule has 0 aromatic heterocycles. The van der Waals surface area contributed by atoms with Gasteiger partial charge in [0.25, 0.3) is 0 Å². The third-order valence-corrected chi connectivity index (χ3v) is 4.53. The first-order chi connectivity index (χ1) is 11.3. The number of aliphatic hydroxyl groups is 1. The number of thioether (sulfide) groups is 1. The molecule has 0 aliphatic rings. The van der Waals surface area contributed by atoms with Gasteiger partial charge in [-0.15, -0.1) is 0 Å². The Hall–Kier alpha value is -1.20. The highest BCUT2D eigenvalue weighted by Gasteiger charge is 2.06. The maximum Gasteiger partial charge on any atom is 0.138 e. The summed E-state index contributed by atoms with van der Waals surface area (Å²) in [4.78, 5) is 0. The SMILES string of the molecule is OC(CNCCSCc1ccccc1)COc1ccccc1Cl. The molecule has 0 saturated carbocycles. The van der Waals surface area contributed by atoms with E-state index < -0.39 is 6.10 Å². The number of hydrogen-bond acceptors (Lipinski definition) is 4. The molecule has 0 amide bonds. The Balaban J connectivity index is 1.51. The Labute approximate surface area is 147 Å². The summed E-state index contributed by atoms with van der Waals surface area (Å²) in [5, 5.41) is 13.7. The van der Waals surface area contributed by atoms with Gasteiger partial charge in [-0.1, -0.05) is 54.1 Å². The highest BCUT2D eigenvalue weighted by molar-refractivity contribution is 7.98. The molecule has 3 nitrogen and oxygen atoms in total. The van der Waals surface area contributed by atoms with Crippen LogP contribution in [0.2, 0.25) is 5.02 Å². The zero-order valence-electron chi connectivity index (χ0n) is 13.0. The Morgan fingerprint density at radius 3 is 2.61 bits per heavy atom. The second-order valence-corrected chi connectivity index (χ2v) is 6.65. The third-order valence-electron chi connectivity index (χ3n) is 3.18. The van der Waals surface area contributed by atoms with Crippen molar-refractivity contribution in [2.45, 2.75) is 11.9 Å². The van der Waals surface area contributed by atoms with Gasteiger partial charge in [0, 0.05) is 24.6 Å². The zero-order valence-corrected chi connectivity index (χ0v) is 14.5. The van der Waals surface area contributed by atoms with Gasteiger partial charge in [-0.3, -0.25) is 0 Å². The molecule has 2 aromatic rings. The number of halogens is 1. The summed E-state index contributed by atoms with van der Waals surface area (Å²) in [5.41, 5.74) is 1.34. The first-order valence-electron chi connectivity index (χ1n) is 7.63. The molecule has 0 saturated heterocycles. The van der Waals surface area contributed by atoms with E-state index in [1.54, 1.807) is 12.1 Å². The molecule has 1 atom stereocenters. The highest BCUT2D eigenvalue weighted by atomic mass is 35.5. The van der Waals surface area contributed by atoms with Crippen LogP contribution in [0.3, 0.4) is 0 Å². The van der Waals surface area contributed by atoms with Crippen LogP contribution in [0.15, 0.2) is 54.6 Å². The van der Waals surface area contributed by atoms with Crippen LogP contribution in [0.5, 0.6) is 5.75 Å². The van der Waals surface area contributed by atoms with Gasteiger partial charge >= 0.3 is 0 Å². The lowest BCUT2D eigenvalue weighted by atomic mass is 10.2. The molecule has 23 heavy (non-hydrogen) atoms. The molecule has 0 heterocycles. The van der Waals surface area contributed by atoms with Crippen molar-refractivity contribution in [3.8, 4) is 5.75 Å². The second-order valence-electron chi connectivity index (χ2n) is 5.14. The van der Waals surface area contributed by atoms with Crippen molar-refractivity contribution in [3.63, 3.8) is 0 Å². The summed E-state index contributed by atoms with van der Waals surface area (Å²) in [6.07, 6.45) is -0.551. The molecule has 2 N–H and O–H groups in total. The summed E-state index contributed by atoms with van der Waals surface area (Å²) in [7, 11) is 0. The lowest BCUT2D eigenvalue weighted by molar-refractivity contribution is 0.107. The largest absolute Gasteiger partial charge is 0.489 e. The van der Waals surface area contributed by atoms with E-state index in [2.05, 4.69) is 29.6 Å². The van der Waals surface area contributed by atoms with Gasteiger partial charge in [0.15, 0.2) is 0 Å². The smallest absolute Gasteiger partial charge is 0.138 e. The maximum absolute atomic E-state index is 9.90. The molecule has 0 aliphatic carbocycles. The molecule has 2 rings (SSSR count). The molecule has 0 radical (unpaired) electrons. The Kier molecular flexibility index (Phi) is 8.32. The second kappa shape index (κ2) is 10.6. The molecule has 2 aromatic carbocycles. The normalized spacial score (nSPS) is 12.1. The fraction of sp³-hybridized carbons (Fsp3) is 0.333. The number of para-hydroxylation sites is 1. The van der Waals surface area contributed by atoms with Crippen molar-refractivity contribution < 1.29 is 9.84 Å². The van der Waals surface area contributed by atoms with Crippen LogP contribution in [0.4, 0.5) is 0 Å². The van der Waals surface area contributed by atoms with Gasteiger partial charge in [0.1, 0.15) is 18.5 Å². The summed E-state index contributed by atoms with van der Waals surface area (Å²) < 4.78 is 5.51. The molecular formula is C18H22ClNO2S. The molecule has 1 unspecified atom stereocenters. The van der Waals surface area contributed by atoms with Gasteiger partial charge < -0.3 is 15.2 Å². The van der Waals surface area contributed by atoms with Crippen LogP contribution in [0, 0.1) is 0 Å². The lowest BCUT2D eigenvalue weighted by Crippen LogP contribution is -2.32. The Morgan fingerprint density at radius 2 is 1.83 bits per heavy atom. The molecule has 0 fully saturated rings. The van der Waals surface area contributed by atoms with Crippen molar-refractivity contribution >= 4 is 23.4 Å². The van der Waals surface area contributed by atoms with Gasteiger partial charge in [0.2, 0.25) is 0 Å². The van der Waals surface area contributed by atoms with E-state index >= 15 is 0 Å². The van der Waals surface area contributed by atoms with Gasteiger partial charge in [-0.05, 0) is 17.7 Å². The van der Waals surface area contributed by atoms with Crippen molar-refractivity contribution in [3.05, 3.63) is 65.2 Å². The number of hydrogen-bond donors (Lipinski definition) is 2. The minimum absolute atomic E-state index is 0.230. The lowest BCUT2D eigenvalue weighted by Gasteiger charge is -2.14. The van der Waals surface area contributed by atoms with Crippen molar-refractivity contribution in [2.75, 3.05) is 25.4 Å². The summed E-state index contributed by atoms with van der Waals surface area (Å²) in [5.74, 6) is 2.62. The number of benzene rings is 2. The van der Waals surface area contributed by atoms with E-state index in [9.17, 15) is 5.11 Å². The standard InChI is InChI=1S/C18H22ClNO2S/c19-17-8-4-5-9-18(17)22-13-16(21)12-20-10-11-23-14-15-6-2-1-3-7-15/h1-9,16,20-21H,10-14H2. The Bertz CT molecular complexity index is 568. The van der Waals surface area contributed by atoms with Crippen LogP contribution in [0.1, 0.15) is 5.56 Å². The van der Waals surface area contributed by atoms with Crippen LogP contribution < -0.4 is 10.1 Å². The number of rotatable bonds is 10. The van der Waals surface area contributed by atoms with Crippen LogP contribution in [-0.2, 0) is 5.75 Å². The number of aliphatic hydroxyl groups excluding tert-OH is 1. The Morgan fingerprint density at radius 1 is 1.09 bits per heavy atom. The van der Waals surface area contributed by atoms with Crippen LogP contribution >= 0.6 is 23.4 Å². The van der Waals surface area contributed by atoms with Crippen LogP contribution in [-0.4, -0.2) is 36.7 Å². The monoisotopic (exact) mass is 351 g/mol. The summed E-state index contributed by atoms with van der Waals surface area (Å²) >= 11 is 7.87. The fourth-order valence-corrected chi connectivity index (χ4v) is 3.04. The average Bonchev–Trinajstić information content (AvgIpc) is 2.58.